The summed E-state index contributed by atoms with van der Waals surface area (Å²) in [5, 5.41) is 11.5. The summed E-state index contributed by atoms with van der Waals surface area (Å²) in [5.41, 5.74) is 7.74. The molecule has 0 radical (unpaired) electrons. The van der Waals surface area contributed by atoms with E-state index >= 15 is 0 Å². The van der Waals surface area contributed by atoms with Crippen LogP contribution >= 0.6 is 0 Å². The first kappa shape index (κ1) is 30.8. The van der Waals surface area contributed by atoms with Crippen molar-refractivity contribution in [2.24, 2.45) is 0 Å². The van der Waals surface area contributed by atoms with Gasteiger partial charge in [0, 0.05) is 49.7 Å². The minimum absolute atomic E-state index is 0.588. The van der Waals surface area contributed by atoms with Gasteiger partial charge in [-0.25, -0.2) is 15.0 Å². The molecule has 0 saturated carbocycles. The summed E-state index contributed by atoms with van der Waals surface area (Å²) in [6, 6.07) is 63.9. The lowest BCUT2D eigenvalue weighted by Crippen LogP contribution is -2.00. The van der Waals surface area contributed by atoms with E-state index in [9.17, 15) is 0 Å². The van der Waals surface area contributed by atoms with Crippen LogP contribution in [0.4, 0.5) is 0 Å². The van der Waals surface area contributed by atoms with Crippen molar-refractivity contribution >= 4 is 76.1 Å². The summed E-state index contributed by atoms with van der Waals surface area (Å²) in [5.74, 6) is 1.83. The monoisotopic (exact) mass is 714 g/mol. The number of rotatable bonds is 4. The van der Waals surface area contributed by atoms with Crippen LogP contribution in [0.5, 0.6) is 0 Å². The molecule has 5 nitrogen and oxygen atoms in total. The molecule has 0 bridgehead atoms. The summed E-state index contributed by atoms with van der Waals surface area (Å²) in [4.78, 5) is 15.3. The van der Waals surface area contributed by atoms with E-state index in [1.165, 1.54) is 21.5 Å². The number of hydrogen-bond donors (Lipinski definition) is 0. The molecule has 9 aromatic carbocycles. The van der Waals surface area contributed by atoms with Crippen LogP contribution < -0.4 is 0 Å². The predicted molar refractivity (Wildman–Crippen MR) is 230 cm³/mol. The number of benzene rings is 9. The third kappa shape index (κ3) is 4.71. The highest BCUT2D eigenvalue weighted by Gasteiger charge is 2.20. The van der Waals surface area contributed by atoms with Crippen molar-refractivity contribution in [2.45, 2.75) is 0 Å². The van der Waals surface area contributed by atoms with Crippen LogP contribution in [-0.2, 0) is 0 Å². The van der Waals surface area contributed by atoms with Crippen LogP contribution in [0.2, 0.25) is 0 Å². The molecule has 56 heavy (non-hydrogen) atoms. The molecule has 0 spiro atoms. The molecule has 3 heterocycles. The number of furan rings is 1. The minimum atomic E-state index is 0.588. The second kappa shape index (κ2) is 11.9. The maximum atomic E-state index is 6.83. The Balaban J connectivity index is 1.07. The van der Waals surface area contributed by atoms with Crippen molar-refractivity contribution in [3.8, 4) is 39.9 Å². The maximum absolute atomic E-state index is 6.83. The molecule has 12 aromatic rings. The molecule has 0 N–H and O–H groups in total. The van der Waals surface area contributed by atoms with Crippen molar-refractivity contribution in [3.63, 3.8) is 0 Å². The quantitative estimate of drug-likeness (QED) is 0.182. The van der Waals surface area contributed by atoms with Crippen LogP contribution in [-0.4, -0.2) is 19.5 Å². The van der Waals surface area contributed by atoms with E-state index in [-0.39, 0.29) is 0 Å². The van der Waals surface area contributed by atoms with E-state index in [0.717, 1.165) is 76.9 Å². The van der Waals surface area contributed by atoms with Gasteiger partial charge >= 0.3 is 0 Å². The Morgan fingerprint density at radius 1 is 0.339 bits per heavy atom. The first-order valence-corrected chi connectivity index (χ1v) is 18.8. The van der Waals surface area contributed by atoms with Gasteiger partial charge in [0.1, 0.15) is 11.2 Å². The van der Waals surface area contributed by atoms with Gasteiger partial charge < -0.3 is 8.98 Å². The fourth-order valence-corrected chi connectivity index (χ4v) is 8.55. The average molecular weight is 715 g/mol. The van der Waals surface area contributed by atoms with E-state index in [4.69, 9.17) is 19.4 Å². The van der Waals surface area contributed by atoms with Crippen LogP contribution in [0.15, 0.2) is 186 Å². The Hall–Kier alpha value is -7.63. The van der Waals surface area contributed by atoms with Gasteiger partial charge in [0.15, 0.2) is 17.5 Å². The number of hydrogen-bond acceptors (Lipinski definition) is 4. The molecule has 12 rings (SSSR count). The van der Waals surface area contributed by atoms with E-state index in [1.54, 1.807) is 0 Å². The number of fused-ring (bicyclic) bond motifs is 10. The van der Waals surface area contributed by atoms with Gasteiger partial charge in [-0.15, -0.1) is 0 Å². The van der Waals surface area contributed by atoms with Crippen molar-refractivity contribution in [1.29, 1.82) is 0 Å². The summed E-state index contributed by atoms with van der Waals surface area (Å²) in [6.45, 7) is 0. The van der Waals surface area contributed by atoms with Gasteiger partial charge in [-0.1, -0.05) is 140 Å². The van der Waals surface area contributed by atoms with Crippen molar-refractivity contribution in [3.05, 3.63) is 182 Å². The number of para-hydroxylation sites is 2. The highest BCUT2D eigenvalue weighted by atomic mass is 16.3. The van der Waals surface area contributed by atoms with Gasteiger partial charge in [-0.3, -0.25) is 0 Å². The second-order valence-corrected chi connectivity index (χ2v) is 14.4. The lowest BCUT2D eigenvalue weighted by atomic mass is 10.0. The Morgan fingerprint density at radius 2 is 0.804 bits per heavy atom. The Labute approximate surface area is 320 Å². The molecule has 3 aromatic heterocycles. The van der Waals surface area contributed by atoms with E-state index < -0.39 is 0 Å². The molecule has 0 amide bonds. The smallest absolute Gasteiger partial charge is 0.164 e. The Kier molecular flexibility index (Phi) is 6.56. The number of aromatic nitrogens is 4. The number of nitrogens with zero attached hydrogens (tertiary/aromatic N) is 4. The molecular formula is C51H30N4O. The van der Waals surface area contributed by atoms with Gasteiger partial charge in [0.25, 0.3) is 0 Å². The normalized spacial score (nSPS) is 11.9. The third-order valence-electron chi connectivity index (χ3n) is 11.2. The van der Waals surface area contributed by atoms with Crippen LogP contribution in [0.3, 0.4) is 0 Å². The second-order valence-electron chi connectivity index (χ2n) is 14.4. The average Bonchev–Trinajstić information content (AvgIpc) is 3.81. The molecule has 0 atom stereocenters. The van der Waals surface area contributed by atoms with E-state index in [1.807, 2.05) is 0 Å². The first-order chi connectivity index (χ1) is 27.7. The summed E-state index contributed by atoms with van der Waals surface area (Å²) < 4.78 is 9.20. The molecule has 0 aliphatic heterocycles. The van der Waals surface area contributed by atoms with E-state index in [0.29, 0.717) is 17.5 Å². The van der Waals surface area contributed by atoms with Crippen LogP contribution in [0.1, 0.15) is 0 Å². The maximum Gasteiger partial charge on any atom is 0.164 e. The molecular weight excluding hydrogens is 685 g/mol. The zero-order valence-corrected chi connectivity index (χ0v) is 30.0. The van der Waals surface area contributed by atoms with Crippen molar-refractivity contribution < 1.29 is 4.42 Å². The molecule has 0 saturated heterocycles. The molecule has 0 aliphatic rings. The lowest BCUT2D eigenvalue weighted by molar-refractivity contribution is 0.669. The zero-order valence-electron chi connectivity index (χ0n) is 30.0. The van der Waals surface area contributed by atoms with Crippen molar-refractivity contribution in [1.82, 2.24) is 19.5 Å². The standard InChI is InChI=1S/C51H30N4O/c1-3-13-33-27-35(23-21-31(33)11-1)49-52-50(36-24-22-32-12-2-4-14-34(32)28-36)54-51(53-49)37-25-26-42-46(29-37)56-47-30-45(40-17-5-6-18-41(40)48(42)47)55-43-19-9-7-15-38(43)39-16-8-10-20-44(39)55/h1-30H. The largest absolute Gasteiger partial charge is 0.456 e. The summed E-state index contributed by atoms with van der Waals surface area (Å²) >= 11 is 0. The Bertz CT molecular complexity index is 3410. The van der Waals surface area contributed by atoms with Gasteiger partial charge in [0.2, 0.25) is 0 Å². The van der Waals surface area contributed by atoms with Crippen LogP contribution in [0.25, 0.3) is 116 Å². The fourth-order valence-electron chi connectivity index (χ4n) is 8.55. The first-order valence-electron chi connectivity index (χ1n) is 18.8. The minimum Gasteiger partial charge on any atom is -0.456 e. The van der Waals surface area contributed by atoms with Gasteiger partial charge in [-0.2, -0.15) is 0 Å². The Morgan fingerprint density at radius 3 is 1.39 bits per heavy atom. The van der Waals surface area contributed by atoms with E-state index in [2.05, 4.69) is 187 Å². The molecule has 0 unspecified atom stereocenters. The highest BCUT2D eigenvalue weighted by Crippen LogP contribution is 2.42. The van der Waals surface area contributed by atoms with Gasteiger partial charge in [0.05, 0.1) is 16.7 Å². The molecule has 260 valence electrons. The topological polar surface area (TPSA) is 56.7 Å². The predicted octanol–water partition coefficient (Wildman–Crippen LogP) is 13.3. The highest BCUT2D eigenvalue weighted by molar-refractivity contribution is 6.22. The van der Waals surface area contributed by atoms with Crippen molar-refractivity contribution in [2.75, 3.05) is 0 Å². The summed E-state index contributed by atoms with van der Waals surface area (Å²) in [7, 11) is 0. The fraction of sp³-hybridized carbons (Fsp3) is 0. The summed E-state index contributed by atoms with van der Waals surface area (Å²) in [6.07, 6.45) is 0. The molecule has 5 heteroatoms. The van der Waals surface area contributed by atoms with Crippen LogP contribution in [0, 0.1) is 0 Å². The molecule has 0 aliphatic carbocycles. The molecule has 0 fully saturated rings. The lowest BCUT2D eigenvalue weighted by Gasteiger charge is -2.12. The zero-order chi connectivity index (χ0) is 36.7. The van der Waals surface area contributed by atoms with Gasteiger partial charge in [-0.05, 0) is 63.3 Å². The SMILES string of the molecule is c1ccc2cc(-c3nc(-c4ccc5ccccc5c4)nc(-c4ccc5c(c4)oc4cc(-n6c7ccccc7c7ccccc76)c6ccccc6c45)n3)ccc2c1. The third-order valence-corrected chi connectivity index (χ3v) is 11.2.